The van der Waals surface area contributed by atoms with Crippen LogP contribution in [0.15, 0.2) is 48.8 Å². The highest BCUT2D eigenvalue weighted by molar-refractivity contribution is 5.82. The van der Waals surface area contributed by atoms with Gasteiger partial charge in [-0.3, -0.25) is 4.98 Å². The van der Waals surface area contributed by atoms with Gasteiger partial charge in [-0.25, -0.2) is 9.97 Å². The molecule has 0 aliphatic heterocycles. The van der Waals surface area contributed by atoms with Crippen LogP contribution in [0.4, 0.5) is 5.95 Å². The summed E-state index contributed by atoms with van der Waals surface area (Å²) in [4.78, 5) is 13.0. The molecular formula is C15H14N4. The van der Waals surface area contributed by atoms with Gasteiger partial charge in [0.2, 0.25) is 5.95 Å². The molecule has 0 saturated carbocycles. The standard InChI is InChI=1S/C15H14N4/c1-16-15-18-9-7-12(19-15)10-11-6-8-17-14-5-3-2-4-13(11)14/h2-9H,10H2,1H3,(H,16,18,19). The van der Waals surface area contributed by atoms with Crippen LogP contribution in [0.25, 0.3) is 10.9 Å². The maximum Gasteiger partial charge on any atom is 0.222 e. The molecule has 94 valence electrons. The van der Waals surface area contributed by atoms with E-state index in [9.17, 15) is 0 Å². The molecule has 0 radical (unpaired) electrons. The second kappa shape index (κ2) is 5.02. The number of nitrogens with one attached hydrogen (secondary N) is 1. The van der Waals surface area contributed by atoms with E-state index in [1.54, 1.807) is 6.20 Å². The lowest BCUT2D eigenvalue weighted by Crippen LogP contribution is -2.00. The van der Waals surface area contributed by atoms with Crippen molar-refractivity contribution < 1.29 is 0 Å². The summed E-state index contributed by atoms with van der Waals surface area (Å²) >= 11 is 0. The third-order valence-corrected chi connectivity index (χ3v) is 3.05. The Morgan fingerprint density at radius 2 is 1.84 bits per heavy atom. The first-order chi connectivity index (χ1) is 9.36. The van der Waals surface area contributed by atoms with Crippen LogP contribution >= 0.6 is 0 Å². The van der Waals surface area contributed by atoms with E-state index in [1.165, 1.54) is 10.9 Å². The summed E-state index contributed by atoms with van der Waals surface area (Å²) in [6, 6.07) is 12.1. The van der Waals surface area contributed by atoms with Crippen LogP contribution in [-0.4, -0.2) is 22.0 Å². The van der Waals surface area contributed by atoms with Crippen molar-refractivity contribution in [2.24, 2.45) is 0 Å². The molecule has 0 aliphatic rings. The van der Waals surface area contributed by atoms with E-state index in [2.05, 4.69) is 26.3 Å². The fourth-order valence-corrected chi connectivity index (χ4v) is 2.12. The van der Waals surface area contributed by atoms with Gasteiger partial charge < -0.3 is 5.32 Å². The molecule has 0 atom stereocenters. The number of benzene rings is 1. The van der Waals surface area contributed by atoms with Crippen molar-refractivity contribution in [2.45, 2.75) is 6.42 Å². The molecule has 4 nitrogen and oxygen atoms in total. The maximum absolute atomic E-state index is 4.45. The van der Waals surface area contributed by atoms with E-state index in [1.807, 2.05) is 43.6 Å². The van der Waals surface area contributed by atoms with Crippen molar-refractivity contribution in [3.63, 3.8) is 0 Å². The molecule has 0 fully saturated rings. The zero-order valence-corrected chi connectivity index (χ0v) is 10.7. The molecule has 0 aliphatic carbocycles. The summed E-state index contributed by atoms with van der Waals surface area (Å²) in [5.41, 5.74) is 3.24. The number of pyridine rings is 1. The highest BCUT2D eigenvalue weighted by Gasteiger charge is 2.04. The van der Waals surface area contributed by atoms with Crippen LogP contribution in [0.1, 0.15) is 11.3 Å². The van der Waals surface area contributed by atoms with Crippen molar-refractivity contribution in [3.05, 3.63) is 60.0 Å². The number of hydrogen-bond donors (Lipinski definition) is 1. The SMILES string of the molecule is CNc1nccc(Cc2ccnc3ccccc23)n1. The zero-order valence-electron chi connectivity index (χ0n) is 10.7. The molecule has 0 saturated heterocycles. The molecule has 4 heteroatoms. The van der Waals surface area contributed by atoms with Gasteiger partial charge in [0.05, 0.1) is 11.2 Å². The van der Waals surface area contributed by atoms with Crippen molar-refractivity contribution in [3.8, 4) is 0 Å². The number of hydrogen-bond acceptors (Lipinski definition) is 4. The number of aromatic nitrogens is 3. The summed E-state index contributed by atoms with van der Waals surface area (Å²) < 4.78 is 0. The zero-order chi connectivity index (χ0) is 13.1. The van der Waals surface area contributed by atoms with Gasteiger partial charge in [0.25, 0.3) is 0 Å². The lowest BCUT2D eigenvalue weighted by Gasteiger charge is -2.06. The largest absolute Gasteiger partial charge is 0.357 e. The first-order valence-electron chi connectivity index (χ1n) is 6.19. The second-order valence-electron chi connectivity index (χ2n) is 4.29. The summed E-state index contributed by atoms with van der Waals surface area (Å²) in [7, 11) is 1.82. The van der Waals surface area contributed by atoms with Crippen LogP contribution in [-0.2, 0) is 6.42 Å². The van der Waals surface area contributed by atoms with Gasteiger partial charge in [0, 0.05) is 31.2 Å². The number of para-hydroxylation sites is 1. The topological polar surface area (TPSA) is 50.7 Å². The molecule has 1 aromatic carbocycles. The van der Waals surface area contributed by atoms with E-state index in [4.69, 9.17) is 0 Å². The van der Waals surface area contributed by atoms with E-state index >= 15 is 0 Å². The minimum absolute atomic E-state index is 0.649. The molecule has 0 bridgehead atoms. The number of fused-ring (bicyclic) bond motifs is 1. The molecule has 3 aromatic rings. The van der Waals surface area contributed by atoms with E-state index < -0.39 is 0 Å². The van der Waals surface area contributed by atoms with Crippen molar-refractivity contribution in [2.75, 3.05) is 12.4 Å². The quantitative estimate of drug-likeness (QED) is 0.776. The van der Waals surface area contributed by atoms with Gasteiger partial charge in [-0.2, -0.15) is 0 Å². The third-order valence-electron chi connectivity index (χ3n) is 3.05. The highest BCUT2D eigenvalue weighted by Crippen LogP contribution is 2.18. The van der Waals surface area contributed by atoms with Gasteiger partial charge >= 0.3 is 0 Å². The Hall–Kier alpha value is -2.49. The average Bonchev–Trinajstić information content (AvgIpc) is 2.48. The van der Waals surface area contributed by atoms with Crippen LogP contribution in [0.3, 0.4) is 0 Å². The monoisotopic (exact) mass is 250 g/mol. The van der Waals surface area contributed by atoms with Crippen LogP contribution in [0, 0.1) is 0 Å². The predicted octanol–water partition coefficient (Wildman–Crippen LogP) is 2.66. The molecule has 0 unspecified atom stereocenters. The first-order valence-corrected chi connectivity index (χ1v) is 6.19. The first kappa shape index (κ1) is 11.6. The molecule has 1 N–H and O–H groups in total. The molecule has 2 heterocycles. The Kier molecular flexibility index (Phi) is 3.06. The number of rotatable bonds is 3. The highest BCUT2D eigenvalue weighted by atomic mass is 15.1. The minimum Gasteiger partial charge on any atom is -0.357 e. The summed E-state index contributed by atoms with van der Waals surface area (Å²) in [5.74, 6) is 0.649. The Morgan fingerprint density at radius 1 is 1.00 bits per heavy atom. The Balaban J connectivity index is 2.01. The number of anilines is 1. The Labute approximate surface area is 111 Å². The average molecular weight is 250 g/mol. The maximum atomic E-state index is 4.45. The van der Waals surface area contributed by atoms with E-state index in [0.717, 1.165) is 17.6 Å². The summed E-state index contributed by atoms with van der Waals surface area (Å²) in [5, 5.41) is 4.13. The molecule has 2 aromatic heterocycles. The van der Waals surface area contributed by atoms with Gasteiger partial charge in [0.1, 0.15) is 0 Å². The van der Waals surface area contributed by atoms with Gasteiger partial charge in [-0.1, -0.05) is 18.2 Å². The minimum atomic E-state index is 0.649. The second-order valence-corrected chi connectivity index (χ2v) is 4.29. The van der Waals surface area contributed by atoms with Gasteiger partial charge in [0.15, 0.2) is 0 Å². The van der Waals surface area contributed by atoms with Crippen LogP contribution in [0.5, 0.6) is 0 Å². The van der Waals surface area contributed by atoms with Crippen molar-refractivity contribution in [1.82, 2.24) is 15.0 Å². The van der Waals surface area contributed by atoms with Crippen LogP contribution in [0.2, 0.25) is 0 Å². The normalized spacial score (nSPS) is 10.6. The molecule has 0 amide bonds. The van der Waals surface area contributed by atoms with Gasteiger partial charge in [-0.05, 0) is 23.8 Å². The Morgan fingerprint density at radius 3 is 2.74 bits per heavy atom. The molecular weight excluding hydrogens is 236 g/mol. The third kappa shape index (κ3) is 2.38. The molecule has 0 spiro atoms. The Bertz CT molecular complexity index is 704. The lowest BCUT2D eigenvalue weighted by atomic mass is 10.0. The molecule has 19 heavy (non-hydrogen) atoms. The van der Waals surface area contributed by atoms with E-state index in [-0.39, 0.29) is 0 Å². The predicted molar refractivity (Wildman–Crippen MR) is 76.1 cm³/mol. The number of nitrogens with zero attached hydrogens (tertiary/aromatic N) is 3. The summed E-state index contributed by atoms with van der Waals surface area (Å²) in [6.45, 7) is 0. The van der Waals surface area contributed by atoms with Gasteiger partial charge in [-0.15, -0.1) is 0 Å². The molecule has 3 rings (SSSR count). The van der Waals surface area contributed by atoms with Crippen LogP contribution < -0.4 is 5.32 Å². The van der Waals surface area contributed by atoms with Crippen molar-refractivity contribution >= 4 is 16.9 Å². The lowest BCUT2D eigenvalue weighted by molar-refractivity contribution is 1.03. The smallest absolute Gasteiger partial charge is 0.222 e. The summed E-state index contributed by atoms with van der Waals surface area (Å²) in [6.07, 6.45) is 4.40. The van der Waals surface area contributed by atoms with Crippen molar-refractivity contribution in [1.29, 1.82) is 0 Å². The van der Waals surface area contributed by atoms with E-state index in [0.29, 0.717) is 5.95 Å². The fourth-order valence-electron chi connectivity index (χ4n) is 2.12. The fraction of sp³-hybridized carbons (Fsp3) is 0.133.